The highest BCUT2D eigenvalue weighted by Crippen LogP contribution is 2.55. The maximum absolute atomic E-state index is 12.2. The molecule has 1 aromatic rings. The Bertz CT molecular complexity index is 486. The van der Waals surface area contributed by atoms with E-state index in [9.17, 15) is 9.90 Å². The fourth-order valence-corrected chi connectivity index (χ4v) is 5.29. The van der Waals surface area contributed by atoms with Crippen LogP contribution in [-0.4, -0.2) is 27.6 Å². The molecule has 4 saturated carbocycles. The van der Waals surface area contributed by atoms with Crippen molar-refractivity contribution in [1.29, 1.82) is 0 Å². The Hall–Kier alpha value is -0.940. The van der Waals surface area contributed by atoms with Crippen LogP contribution in [0, 0.1) is 17.8 Å². The normalized spacial score (nSPS) is 43.4. The summed E-state index contributed by atoms with van der Waals surface area (Å²) in [7, 11) is 0. The van der Waals surface area contributed by atoms with Gasteiger partial charge in [0.1, 0.15) is 4.88 Å². The lowest BCUT2D eigenvalue weighted by atomic mass is 9.52. The zero-order valence-corrected chi connectivity index (χ0v) is 11.5. The van der Waals surface area contributed by atoms with Crippen LogP contribution in [0.4, 0.5) is 0 Å². The van der Waals surface area contributed by atoms with Crippen LogP contribution in [0.5, 0.6) is 0 Å². The van der Waals surface area contributed by atoms with Crippen LogP contribution in [0.1, 0.15) is 41.8 Å². The Labute approximate surface area is 116 Å². The topological polar surface area (TPSA) is 62.2 Å². The molecule has 1 aromatic heterocycles. The summed E-state index contributed by atoms with van der Waals surface area (Å²) >= 11 is 1.38. The van der Waals surface area contributed by atoms with Crippen LogP contribution in [0.2, 0.25) is 0 Å². The SMILES string of the molecule is O=C(NC1C2CC3CC1CC(O)(C3)C2)c1cncs1. The molecule has 0 saturated heterocycles. The first-order valence-electron chi connectivity index (χ1n) is 7.05. The number of hydrogen-bond acceptors (Lipinski definition) is 4. The monoisotopic (exact) mass is 278 g/mol. The number of amides is 1. The minimum atomic E-state index is -0.428. The summed E-state index contributed by atoms with van der Waals surface area (Å²) in [5.41, 5.74) is 1.26. The third-order valence-electron chi connectivity index (χ3n) is 5.19. The van der Waals surface area contributed by atoms with E-state index in [1.807, 2.05) is 0 Å². The van der Waals surface area contributed by atoms with Gasteiger partial charge in [0.15, 0.2) is 0 Å². The molecule has 4 nitrogen and oxygen atoms in total. The summed E-state index contributed by atoms with van der Waals surface area (Å²) in [4.78, 5) is 16.8. The second-order valence-electron chi connectivity index (χ2n) is 6.56. The van der Waals surface area contributed by atoms with Crippen molar-refractivity contribution in [3.05, 3.63) is 16.6 Å². The number of aromatic nitrogens is 1. The van der Waals surface area contributed by atoms with Gasteiger partial charge in [-0.1, -0.05) is 0 Å². The molecule has 2 atom stereocenters. The van der Waals surface area contributed by atoms with Gasteiger partial charge in [0.05, 0.1) is 17.3 Å². The molecule has 1 amide bonds. The second kappa shape index (κ2) is 4.03. The highest BCUT2D eigenvalue weighted by Gasteiger charge is 2.55. The molecule has 5 rings (SSSR count). The van der Waals surface area contributed by atoms with Gasteiger partial charge in [-0.25, -0.2) is 0 Å². The van der Waals surface area contributed by atoms with Crippen LogP contribution in [0.15, 0.2) is 11.7 Å². The highest BCUT2D eigenvalue weighted by atomic mass is 32.1. The maximum Gasteiger partial charge on any atom is 0.263 e. The third-order valence-corrected chi connectivity index (χ3v) is 5.97. The quantitative estimate of drug-likeness (QED) is 0.867. The first kappa shape index (κ1) is 11.9. The zero-order chi connectivity index (χ0) is 13.0. The van der Waals surface area contributed by atoms with Gasteiger partial charge in [0, 0.05) is 6.04 Å². The highest BCUT2D eigenvalue weighted by molar-refractivity contribution is 7.11. The van der Waals surface area contributed by atoms with E-state index in [-0.39, 0.29) is 11.9 Å². The van der Waals surface area contributed by atoms with Crippen LogP contribution in [0.3, 0.4) is 0 Å². The number of hydrogen-bond donors (Lipinski definition) is 2. The molecular weight excluding hydrogens is 260 g/mol. The largest absolute Gasteiger partial charge is 0.390 e. The molecule has 0 aromatic carbocycles. The van der Waals surface area contributed by atoms with Gasteiger partial charge in [0.25, 0.3) is 5.91 Å². The van der Waals surface area contributed by atoms with Gasteiger partial charge in [-0.3, -0.25) is 9.78 Å². The minimum absolute atomic E-state index is 0.00645. The average molecular weight is 278 g/mol. The van der Waals surface area contributed by atoms with Crippen molar-refractivity contribution < 1.29 is 9.90 Å². The number of nitrogens with zero attached hydrogens (tertiary/aromatic N) is 1. The summed E-state index contributed by atoms with van der Waals surface area (Å²) in [6.45, 7) is 0. The Morgan fingerprint density at radius 3 is 2.68 bits per heavy atom. The molecular formula is C14H18N2O2S. The fraction of sp³-hybridized carbons (Fsp3) is 0.714. The van der Waals surface area contributed by atoms with Gasteiger partial charge in [-0.2, -0.15) is 0 Å². The Kier molecular flexibility index (Phi) is 2.51. The molecule has 0 spiro atoms. The minimum Gasteiger partial charge on any atom is -0.390 e. The lowest BCUT2D eigenvalue weighted by Gasteiger charge is -2.58. The lowest BCUT2D eigenvalue weighted by molar-refractivity contribution is -0.136. The summed E-state index contributed by atoms with van der Waals surface area (Å²) in [5, 5.41) is 13.7. The predicted molar refractivity (Wildman–Crippen MR) is 71.9 cm³/mol. The Balaban J connectivity index is 1.52. The molecule has 4 aliphatic rings. The molecule has 1 heterocycles. The van der Waals surface area contributed by atoms with Gasteiger partial charge >= 0.3 is 0 Å². The molecule has 5 heteroatoms. The van der Waals surface area contributed by atoms with Crippen molar-refractivity contribution in [2.24, 2.45) is 17.8 Å². The molecule has 2 unspecified atom stereocenters. The molecule has 4 bridgehead atoms. The van der Waals surface area contributed by atoms with Crippen LogP contribution < -0.4 is 5.32 Å². The molecule has 102 valence electrons. The van der Waals surface area contributed by atoms with Crippen molar-refractivity contribution in [3.8, 4) is 0 Å². The molecule has 4 aliphatic carbocycles. The van der Waals surface area contributed by atoms with Gasteiger partial charge in [-0.05, 0) is 49.9 Å². The van der Waals surface area contributed by atoms with E-state index >= 15 is 0 Å². The lowest BCUT2D eigenvalue weighted by Crippen LogP contribution is -2.61. The summed E-state index contributed by atoms with van der Waals surface area (Å²) < 4.78 is 0. The van der Waals surface area contributed by atoms with E-state index in [1.165, 1.54) is 24.2 Å². The zero-order valence-electron chi connectivity index (χ0n) is 10.7. The van der Waals surface area contributed by atoms with Crippen molar-refractivity contribution in [2.75, 3.05) is 0 Å². The summed E-state index contributed by atoms with van der Waals surface area (Å²) in [6, 6.07) is 0.256. The van der Waals surface area contributed by atoms with E-state index in [0.29, 0.717) is 22.6 Å². The van der Waals surface area contributed by atoms with E-state index in [0.717, 1.165) is 19.3 Å². The van der Waals surface area contributed by atoms with E-state index < -0.39 is 5.60 Å². The van der Waals surface area contributed by atoms with Gasteiger partial charge in [-0.15, -0.1) is 11.3 Å². The summed E-state index contributed by atoms with van der Waals surface area (Å²) in [6.07, 6.45) is 6.69. The maximum atomic E-state index is 12.2. The predicted octanol–water partition coefficient (Wildman–Crippen LogP) is 1.81. The number of carbonyl (C=O) groups excluding carboxylic acids is 1. The molecule has 0 radical (unpaired) electrons. The average Bonchev–Trinajstić information content (AvgIpc) is 2.85. The third kappa shape index (κ3) is 1.91. The van der Waals surface area contributed by atoms with E-state index in [2.05, 4.69) is 10.3 Å². The van der Waals surface area contributed by atoms with E-state index in [4.69, 9.17) is 0 Å². The Morgan fingerprint density at radius 1 is 1.37 bits per heavy atom. The first-order chi connectivity index (χ1) is 9.13. The number of thiazole rings is 1. The van der Waals surface area contributed by atoms with E-state index in [1.54, 1.807) is 11.7 Å². The molecule has 19 heavy (non-hydrogen) atoms. The van der Waals surface area contributed by atoms with Crippen molar-refractivity contribution in [2.45, 2.75) is 43.7 Å². The number of nitrogens with one attached hydrogen (secondary N) is 1. The number of carbonyl (C=O) groups is 1. The van der Waals surface area contributed by atoms with Crippen LogP contribution >= 0.6 is 11.3 Å². The van der Waals surface area contributed by atoms with Crippen LogP contribution in [0.25, 0.3) is 0 Å². The van der Waals surface area contributed by atoms with Crippen molar-refractivity contribution >= 4 is 17.2 Å². The first-order valence-corrected chi connectivity index (χ1v) is 7.93. The van der Waals surface area contributed by atoms with Crippen molar-refractivity contribution in [3.63, 3.8) is 0 Å². The number of rotatable bonds is 2. The van der Waals surface area contributed by atoms with Crippen molar-refractivity contribution in [1.82, 2.24) is 10.3 Å². The Morgan fingerprint density at radius 2 is 2.11 bits per heavy atom. The second-order valence-corrected chi connectivity index (χ2v) is 7.45. The van der Waals surface area contributed by atoms with Gasteiger partial charge in [0.2, 0.25) is 0 Å². The van der Waals surface area contributed by atoms with Gasteiger partial charge < -0.3 is 10.4 Å². The van der Waals surface area contributed by atoms with Crippen LogP contribution in [-0.2, 0) is 0 Å². The molecule has 0 aliphatic heterocycles. The summed E-state index contributed by atoms with van der Waals surface area (Å²) in [5.74, 6) is 1.62. The number of aliphatic hydroxyl groups is 1. The molecule has 4 fully saturated rings. The standard InChI is InChI=1S/C14H18N2O2S/c17-13(11-6-15-7-19-11)16-12-9-1-8-2-10(12)5-14(18,3-8)4-9/h6-10,12,18H,1-5H2,(H,16,17). The smallest absolute Gasteiger partial charge is 0.263 e. The molecule has 2 N–H and O–H groups in total. The fourth-order valence-electron chi connectivity index (χ4n) is 4.77.